The van der Waals surface area contributed by atoms with Crippen LogP contribution in [-0.2, 0) is 10.2 Å². The summed E-state index contributed by atoms with van der Waals surface area (Å²) < 4.78 is 13.7. The SMILES string of the molecule is Cl.NC1CCC(NC(=O)C2(c3cccc(F)c3)CCCCC2)CC1. The lowest BCUT2D eigenvalue weighted by Gasteiger charge is -2.38. The average molecular weight is 355 g/mol. The first-order valence-electron chi connectivity index (χ1n) is 8.93. The minimum absolute atomic E-state index is 0. The maximum absolute atomic E-state index is 13.7. The van der Waals surface area contributed by atoms with Crippen LogP contribution in [0.4, 0.5) is 4.39 Å². The lowest BCUT2D eigenvalue weighted by Crippen LogP contribution is -2.50. The van der Waals surface area contributed by atoms with Crippen LogP contribution < -0.4 is 11.1 Å². The van der Waals surface area contributed by atoms with Gasteiger partial charge in [-0.3, -0.25) is 4.79 Å². The summed E-state index contributed by atoms with van der Waals surface area (Å²) in [5.74, 6) is -0.174. The van der Waals surface area contributed by atoms with Crippen molar-refractivity contribution in [2.75, 3.05) is 0 Å². The van der Waals surface area contributed by atoms with E-state index in [0.717, 1.165) is 63.4 Å². The first-order valence-corrected chi connectivity index (χ1v) is 8.93. The maximum atomic E-state index is 13.7. The van der Waals surface area contributed by atoms with Crippen molar-refractivity contribution < 1.29 is 9.18 Å². The summed E-state index contributed by atoms with van der Waals surface area (Å²) in [5, 5.41) is 3.25. The van der Waals surface area contributed by atoms with Crippen LogP contribution in [0, 0.1) is 5.82 Å². The summed E-state index contributed by atoms with van der Waals surface area (Å²) in [7, 11) is 0. The summed E-state index contributed by atoms with van der Waals surface area (Å²) in [6.07, 6.45) is 8.68. The number of carbonyl (C=O) groups excluding carboxylic acids is 1. The molecule has 0 aliphatic heterocycles. The molecule has 1 aromatic carbocycles. The number of nitrogens with two attached hydrogens (primary N) is 1. The molecule has 0 atom stereocenters. The monoisotopic (exact) mass is 354 g/mol. The van der Waals surface area contributed by atoms with E-state index in [1.165, 1.54) is 6.07 Å². The smallest absolute Gasteiger partial charge is 0.230 e. The highest BCUT2D eigenvalue weighted by molar-refractivity contribution is 5.88. The highest BCUT2D eigenvalue weighted by Crippen LogP contribution is 2.40. The number of hydrogen-bond donors (Lipinski definition) is 2. The van der Waals surface area contributed by atoms with E-state index >= 15 is 0 Å². The van der Waals surface area contributed by atoms with E-state index in [9.17, 15) is 9.18 Å². The fraction of sp³-hybridized carbons (Fsp3) is 0.632. The molecular weight excluding hydrogens is 327 g/mol. The van der Waals surface area contributed by atoms with Crippen LogP contribution in [0.5, 0.6) is 0 Å². The van der Waals surface area contributed by atoms with Crippen molar-refractivity contribution in [1.82, 2.24) is 5.32 Å². The summed E-state index contributed by atoms with van der Waals surface area (Å²) in [5.41, 5.74) is 6.23. The van der Waals surface area contributed by atoms with Gasteiger partial charge in [-0.25, -0.2) is 4.39 Å². The molecule has 0 spiro atoms. The first-order chi connectivity index (χ1) is 11.1. The molecule has 1 amide bonds. The largest absolute Gasteiger partial charge is 0.353 e. The molecule has 3 N–H and O–H groups in total. The van der Waals surface area contributed by atoms with E-state index in [1.807, 2.05) is 6.07 Å². The second-order valence-electron chi connectivity index (χ2n) is 7.24. The number of hydrogen-bond acceptors (Lipinski definition) is 2. The summed E-state index contributed by atoms with van der Waals surface area (Å²) in [4.78, 5) is 13.1. The molecule has 24 heavy (non-hydrogen) atoms. The van der Waals surface area contributed by atoms with E-state index in [4.69, 9.17) is 5.73 Å². The quantitative estimate of drug-likeness (QED) is 0.866. The first kappa shape index (κ1) is 19.2. The predicted molar refractivity (Wildman–Crippen MR) is 96.8 cm³/mol. The van der Waals surface area contributed by atoms with Gasteiger partial charge in [0.2, 0.25) is 5.91 Å². The van der Waals surface area contributed by atoms with Crippen LogP contribution in [0.25, 0.3) is 0 Å². The Morgan fingerprint density at radius 3 is 2.42 bits per heavy atom. The van der Waals surface area contributed by atoms with Gasteiger partial charge in [0.05, 0.1) is 5.41 Å². The third-order valence-corrected chi connectivity index (χ3v) is 5.63. The average Bonchev–Trinajstić information content (AvgIpc) is 2.57. The topological polar surface area (TPSA) is 55.1 Å². The Morgan fingerprint density at radius 1 is 1.12 bits per heavy atom. The Morgan fingerprint density at radius 2 is 1.79 bits per heavy atom. The Labute approximate surface area is 150 Å². The van der Waals surface area contributed by atoms with Crippen molar-refractivity contribution in [2.24, 2.45) is 5.73 Å². The molecule has 0 saturated heterocycles. The van der Waals surface area contributed by atoms with Crippen LogP contribution in [-0.4, -0.2) is 18.0 Å². The maximum Gasteiger partial charge on any atom is 0.230 e. The number of rotatable bonds is 3. The van der Waals surface area contributed by atoms with E-state index in [0.29, 0.717) is 0 Å². The van der Waals surface area contributed by atoms with Crippen molar-refractivity contribution in [3.63, 3.8) is 0 Å². The molecule has 2 saturated carbocycles. The van der Waals surface area contributed by atoms with Crippen LogP contribution in [0.2, 0.25) is 0 Å². The van der Waals surface area contributed by atoms with Gasteiger partial charge in [0, 0.05) is 12.1 Å². The Kier molecular flexibility index (Phi) is 6.64. The standard InChI is InChI=1S/C19H27FN2O.ClH/c20-15-6-4-5-14(13-15)19(11-2-1-3-12-19)18(23)22-17-9-7-16(21)8-10-17;/h4-6,13,16-17H,1-3,7-12,21H2,(H,22,23);1H. The highest BCUT2D eigenvalue weighted by Gasteiger charge is 2.42. The molecule has 3 nitrogen and oxygen atoms in total. The number of carbonyl (C=O) groups is 1. The summed E-state index contributed by atoms with van der Waals surface area (Å²) in [6, 6.07) is 7.10. The number of nitrogens with one attached hydrogen (secondary N) is 1. The van der Waals surface area contributed by atoms with Crippen LogP contribution in [0.3, 0.4) is 0 Å². The van der Waals surface area contributed by atoms with Crippen LogP contribution in [0.1, 0.15) is 63.4 Å². The molecule has 0 unspecified atom stereocenters. The third-order valence-electron chi connectivity index (χ3n) is 5.63. The van der Waals surface area contributed by atoms with Crippen molar-refractivity contribution in [2.45, 2.75) is 75.3 Å². The molecule has 134 valence electrons. The number of amides is 1. The summed E-state index contributed by atoms with van der Waals surface area (Å²) in [6.45, 7) is 0. The van der Waals surface area contributed by atoms with Gasteiger partial charge in [-0.1, -0.05) is 31.4 Å². The van der Waals surface area contributed by atoms with E-state index in [2.05, 4.69) is 5.32 Å². The summed E-state index contributed by atoms with van der Waals surface area (Å²) >= 11 is 0. The van der Waals surface area contributed by atoms with Crippen molar-refractivity contribution >= 4 is 18.3 Å². The lowest BCUT2D eigenvalue weighted by atomic mass is 9.68. The normalized spacial score (nSPS) is 26.2. The van der Waals surface area contributed by atoms with Crippen LogP contribution in [0.15, 0.2) is 24.3 Å². The van der Waals surface area contributed by atoms with Gasteiger partial charge in [-0.2, -0.15) is 0 Å². The van der Waals surface area contributed by atoms with Gasteiger partial charge in [0.25, 0.3) is 0 Å². The van der Waals surface area contributed by atoms with Gasteiger partial charge < -0.3 is 11.1 Å². The van der Waals surface area contributed by atoms with Gasteiger partial charge in [-0.05, 0) is 56.2 Å². The zero-order valence-corrected chi connectivity index (χ0v) is 14.9. The number of halogens is 2. The Balaban J connectivity index is 0.00000208. The molecule has 2 fully saturated rings. The highest BCUT2D eigenvalue weighted by atomic mass is 35.5. The Hall–Kier alpha value is -1.13. The van der Waals surface area contributed by atoms with Gasteiger partial charge in [0.15, 0.2) is 0 Å². The molecular formula is C19H28ClFN2O. The van der Waals surface area contributed by atoms with Crippen LogP contribution >= 0.6 is 12.4 Å². The van der Waals surface area contributed by atoms with Crippen molar-refractivity contribution in [1.29, 1.82) is 0 Å². The molecule has 3 rings (SSSR count). The minimum atomic E-state index is -0.556. The van der Waals surface area contributed by atoms with E-state index in [1.54, 1.807) is 12.1 Å². The third kappa shape index (κ3) is 4.09. The van der Waals surface area contributed by atoms with Crippen molar-refractivity contribution in [3.05, 3.63) is 35.6 Å². The predicted octanol–water partition coefficient (Wildman–Crippen LogP) is 3.84. The van der Waals surface area contributed by atoms with Gasteiger partial charge in [0.1, 0.15) is 5.82 Å². The lowest BCUT2D eigenvalue weighted by molar-refractivity contribution is -0.129. The van der Waals surface area contributed by atoms with Crippen molar-refractivity contribution in [3.8, 4) is 0 Å². The second-order valence-corrected chi connectivity index (χ2v) is 7.24. The molecule has 0 aromatic heterocycles. The van der Waals surface area contributed by atoms with Gasteiger partial charge in [-0.15, -0.1) is 12.4 Å². The number of benzene rings is 1. The molecule has 5 heteroatoms. The van der Waals surface area contributed by atoms with Gasteiger partial charge >= 0.3 is 0 Å². The molecule has 2 aliphatic carbocycles. The fourth-order valence-corrected chi connectivity index (χ4v) is 4.18. The molecule has 0 bridgehead atoms. The second kappa shape index (κ2) is 8.30. The molecule has 0 radical (unpaired) electrons. The zero-order valence-electron chi connectivity index (χ0n) is 14.1. The zero-order chi connectivity index (χ0) is 16.3. The van der Waals surface area contributed by atoms with E-state index < -0.39 is 5.41 Å². The fourth-order valence-electron chi connectivity index (χ4n) is 4.18. The molecule has 2 aliphatic rings. The van der Waals surface area contributed by atoms with E-state index in [-0.39, 0.29) is 36.2 Å². The Bertz CT molecular complexity index is 552. The minimum Gasteiger partial charge on any atom is -0.353 e. The molecule has 1 aromatic rings. The molecule has 0 heterocycles.